The lowest BCUT2D eigenvalue weighted by Crippen LogP contribution is -2.38. The monoisotopic (exact) mass is 428 g/mol. The van der Waals surface area contributed by atoms with Gasteiger partial charge in [-0.2, -0.15) is 10.1 Å². The van der Waals surface area contributed by atoms with Gasteiger partial charge in [-0.05, 0) is 6.92 Å². The molecule has 0 aliphatic carbocycles. The van der Waals surface area contributed by atoms with Gasteiger partial charge in [-0.25, -0.2) is 17.8 Å². The Morgan fingerprint density at radius 2 is 2.17 bits per heavy atom. The van der Waals surface area contributed by atoms with Gasteiger partial charge in [0.05, 0.1) is 45.9 Å². The Labute approximate surface area is 168 Å². The average Bonchev–Trinajstić information content (AvgIpc) is 3.15. The van der Waals surface area contributed by atoms with E-state index in [1.165, 1.54) is 31.2 Å². The highest BCUT2D eigenvalue weighted by Gasteiger charge is 2.26. The van der Waals surface area contributed by atoms with E-state index < -0.39 is 22.5 Å². The number of sulfonamides is 1. The molecule has 0 radical (unpaired) electrons. The van der Waals surface area contributed by atoms with E-state index in [9.17, 15) is 13.2 Å². The molecule has 1 amide bonds. The van der Waals surface area contributed by atoms with Gasteiger partial charge in [-0.15, -0.1) is 0 Å². The minimum absolute atomic E-state index is 0.118. The molecular weight excluding hydrogens is 404 g/mol. The van der Waals surface area contributed by atoms with Gasteiger partial charge in [0.1, 0.15) is 5.84 Å². The first-order valence-electron chi connectivity index (χ1n) is 8.64. The molecule has 13 heteroatoms. The minimum atomic E-state index is -3.97. The Bertz CT molecular complexity index is 920. The summed E-state index contributed by atoms with van der Waals surface area (Å²) in [6.45, 7) is 1.94. The summed E-state index contributed by atoms with van der Waals surface area (Å²) in [5, 5.41) is 14.1. The molecule has 1 aromatic rings. The SMILES string of the molecule is COC(/C=C(\C)OC)=NC(=N)CNC(=O)CNS(=O)(=O)c1cnn2c1OCCC2. The fourth-order valence-corrected chi connectivity index (χ4v) is 3.31. The number of aliphatic imine (C=N–C) groups is 1. The maximum absolute atomic E-state index is 12.4. The molecule has 0 aromatic carbocycles. The highest BCUT2D eigenvalue weighted by atomic mass is 32.2. The van der Waals surface area contributed by atoms with Crippen molar-refractivity contribution in [3.05, 3.63) is 18.0 Å². The Morgan fingerprint density at radius 3 is 2.86 bits per heavy atom. The molecule has 1 aromatic heterocycles. The summed E-state index contributed by atoms with van der Waals surface area (Å²) in [4.78, 5) is 15.7. The molecule has 0 atom stereocenters. The summed E-state index contributed by atoms with van der Waals surface area (Å²) in [6, 6.07) is 0. The van der Waals surface area contributed by atoms with Crippen molar-refractivity contribution in [3.63, 3.8) is 0 Å². The van der Waals surface area contributed by atoms with Crippen LogP contribution in [0.1, 0.15) is 13.3 Å². The summed E-state index contributed by atoms with van der Waals surface area (Å²) in [7, 11) is -1.10. The summed E-state index contributed by atoms with van der Waals surface area (Å²) in [5.41, 5.74) is 0. The zero-order valence-corrected chi connectivity index (χ0v) is 17.2. The number of amidine groups is 1. The number of ether oxygens (including phenoxy) is 3. The van der Waals surface area contributed by atoms with Crippen LogP contribution >= 0.6 is 0 Å². The first kappa shape index (κ1) is 22.4. The van der Waals surface area contributed by atoms with E-state index in [0.29, 0.717) is 18.9 Å². The molecule has 0 unspecified atom stereocenters. The molecule has 1 aliphatic rings. The highest BCUT2D eigenvalue weighted by molar-refractivity contribution is 7.89. The molecule has 12 nitrogen and oxygen atoms in total. The number of amides is 1. The smallest absolute Gasteiger partial charge is 0.248 e. The number of methoxy groups -OCH3 is 2. The Balaban J connectivity index is 1.88. The van der Waals surface area contributed by atoms with Gasteiger partial charge in [0, 0.05) is 19.0 Å². The van der Waals surface area contributed by atoms with Crippen LogP contribution in [0.4, 0.5) is 0 Å². The molecule has 0 bridgehead atoms. The number of aromatic nitrogens is 2. The summed E-state index contributed by atoms with van der Waals surface area (Å²) < 4.78 is 43.8. The van der Waals surface area contributed by atoms with Crippen molar-refractivity contribution in [2.75, 3.05) is 33.9 Å². The Hall–Kier alpha value is -2.93. The Kier molecular flexibility index (Phi) is 7.73. The van der Waals surface area contributed by atoms with E-state index >= 15 is 0 Å². The molecule has 0 spiro atoms. The van der Waals surface area contributed by atoms with Gasteiger partial charge < -0.3 is 19.5 Å². The van der Waals surface area contributed by atoms with Crippen LogP contribution in [0, 0.1) is 5.41 Å². The maximum atomic E-state index is 12.4. The Morgan fingerprint density at radius 1 is 1.41 bits per heavy atom. The fraction of sp³-hybridized carbons (Fsp3) is 0.500. The number of hydrogen-bond donors (Lipinski definition) is 3. The van der Waals surface area contributed by atoms with Crippen LogP contribution in [0.3, 0.4) is 0 Å². The lowest BCUT2D eigenvalue weighted by molar-refractivity contribution is -0.119. The number of fused-ring (bicyclic) bond motifs is 1. The molecular formula is C16H24N6O6S. The second-order valence-corrected chi connectivity index (χ2v) is 7.64. The highest BCUT2D eigenvalue weighted by Crippen LogP contribution is 2.26. The van der Waals surface area contributed by atoms with Crippen LogP contribution in [0.5, 0.6) is 5.88 Å². The largest absolute Gasteiger partial charge is 0.501 e. The van der Waals surface area contributed by atoms with E-state index in [2.05, 4.69) is 20.1 Å². The first-order valence-corrected chi connectivity index (χ1v) is 10.1. The average molecular weight is 428 g/mol. The van der Waals surface area contributed by atoms with Crippen LogP contribution in [0.25, 0.3) is 0 Å². The molecule has 0 saturated carbocycles. The number of nitrogens with one attached hydrogen (secondary N) is 3. The van der Waals surface area contributed by atoms with Crippen molar-refractivity contribution < 1.29 is 27.4 Å². The molecule has 29 heavy (non-hydrogen) atoms. The van der Waals surface area contributed by atoms with Crippen molar-refractivity contribution in [1.82, 2.24) is 19.8 Å². The van der Waals surface area contributed by atoms with E-state index in [1.807, 2.05) is 0 Å². The molecule has 1 aliphatic heterocycles. The van der Waals surface area contributed by atoms with Crippen LogP contribution in [0.15, 0.2) is 27.9 Å². The number of aryl methyl sites for hydroxylation is 1. The lowest BCUT2D eigenvalue weighted by atomic mass is 10.4. The lowest BCUT2D eigenvalue weighted by Gasteiger charge is -2.16. The number of allylic oxidation sites excluding steroid dienone is 1. The van der Waals surface area contributed by atoms with Crippen molar-refractivity contribution >= 4 is 27.7 Å². The molecule has 0 saturated heterocycles. The molecule has 3 N–H and O–H groups in total. The number of hydrogen-bond acceptors (Lipinski definition) is 8. The van der Waals surface area contributed by atoms with E-state index in [1.54, 1.807) is 6.92 Å². The third-order valence-corrected chi connectivity index (χ3v) is 5.16. The van der Waals surface area contributed by atoms with Crippen LogP contribution in [-0.2, 0) is 30.8 Å². The van der Waals surface area contributed by atoms with Crippen molar-refractivity contribution in [2.45, 2.75) is 24.8 Å². The van der Waals surface area contributed by atoms with Gasteiger partial charge >= 0.3 is 0 Å². The van der Waals surface area contributed by atoms with Gasteiger partial charge in [0.2, 0.25) is 27.7 Å². The van der Waals surface area contributed by atoms with Gasteiger partial charge in [0.15, 0.2) is 4.90 Å². The second kappa shape index (κ2) is 10.0. The molecule has 160 valence electrons. The molecule has 2 rings (SSSR count). The van der Waals surface area contributed by atoms with Crippen molar-refractivity contribution in [2.24, 2.45) is 4.99 Å². The minimum Gasteiger partial charge on any atom is -0.501 e. The van der Waals surface area contributed by atoms with Crippen LogP contribution in [-0.4, -0.2) is 69.8 Å². The summed E-state index contributed by atoms with van der Waals surface area (Å²) in [6.07, 6.45) is 3.41. The van der Waals surface area contributed by atoms with E-state index in [-0.39, 0.29) is 29.1 Å². The van der Waals surface area contributed by atoms with E-state index in [4.69, 9.17) is 19.6 Å². The number of rotatable bonds is 8. The van der Waals surface area contributed by atoms with Gasteiger partial charge in [0.25, 0.3) is 0 Å². The molecule has 2 heterocycles. The van der Waals surface area contributed by atoms with Gasteiger partial charge in [-0.1, -0.05) is 0 Å². The zero-order chi connectivity index (χ0) is 21.4. The maximum Gasteiger partial charge on any atom is 0.248 e. The van der Waals surface area contributed by atoms with Crippen LogP contribution < -0.4 is 14.8 Å². The number of carbonyl (C=O) groups excluding carboxylic acids is 1. The van der Waals surface area contributed by atoms with Gasteiger partial charge in [-0.3, -0.25) is 10.2 Å². The number of nitrogens with zero attached hydrogens (tertiary/aromatic N) is 3. The normalized spacial score (nSPS) is 14.6. The fourth-order valence-electron chi connectivity index (χ4n) is 2.25. The molecule has 0 fully saturated rings. The van der Waals surface area contributed by atoms with Crippen molar-refractivity contribution in [3.8, 4) is 5.88 Å². The summed E-state index contributed by atoms with van der Waals surface area (Å²) >= 11 is 0. The first-order chi connectivity index (χ1) is 13.8. The second-order valence-electron chi connectivity index (χ2n) is 5.90. The van der Waals surface area contributed by atoms with Crippen LogP contribution in [0.2, 0.25) is 0 Å². The number of carbonyl (C=O) groups is 1. The quantitative estimate of drug-likeness (QED) is 0.290. The third kappa shape index (κ3) is 6.29. The van der Waals surface area contributed by atoms with E-state index in [0.717, 1.165) is 6.42 Å². The van der Waals surface area contributed by atoms with Crippen molar-refractivity contribution in [1.29, 1.82) is 5.41 Å². The topological polar surface area (TPSA) is 157 Å². The predicted molar refractivity (Wildman–Crippen MR) is 103 cm³/mol. The predicted octanol–water partition coefficient (Wildman–Crippen LogP) is -0.368. The summed E-state index contributed by atoms with van der Waals surface area (Å²) in [5.74, 6) is 0.0145. The zero-order valence-electron chi connectivity index (χ0n) is 16.4. The third-order valence-electron chi connectivity index (χ3n) is 3.78. The standard InChI is InChI=1S/C16H24N6O6S/c1-11(26-2)7-15(27-3)21-13(17)9-18-14(23)10-20-29(24,25)12-8-19-22-5-4-6-28-16(12)22/h7-8,17,20H,4-6,9-10H2,1-3H3,(H,18,23)/b11-7+,17-13?,21-15?.